The summed E-state index contributed by atoms with van der Waals surface area (Å²) in [6.07, 6.45) is 2.50. The largest absolute Gasteiger partial charge is 0.510 e. The standard InChI is InChI=1S/C27H25F4NO3/c1-3-6-18(19-7-5-8-21(28)13-19)9-10-24(33)26-25(34)15-23(32-26)22(27(29,30)31)14-17(4-2)20-11-12-35-16-20/h4-8,11-14,16,33H,3,9-10,15H2,1-2H3/b17-4+,18-6+,22-14+,26-24?. The molecule has 1 N–H and O–H groups in total. The monoisotopic (exact) mass is 487 g/mol. The maximum Gasteiger partial charge on any atom is 0.418 e. The van der Waals surface area contributed by atoms with Gasteiger partial charge in [0.05, 0.1) is 30.2 Å². The molecule has 0 spiro atoms. The first-order valence-corrected chi connectivity index (χ1v) is 11.1. The van der Waals surface area contributed by atoms with E-state index in [1.807, 2.05) is 13.0 Å². The first kappa shape index (κ1) is 25.9. The zero-order valence-electron chi connectivity index (χ0n) is 19.3. The second-order valence-corrected chi connectivity index (χ2v) is 7.91. The normalized spacial score (nSPS) is 17.1. The van der Waals surface area contributed by atoms with Gasteiger partial charge in [0.1, 0.15) is 17.3 Å². The van der Waals surface area contributed by atoms with Crippen molar-refractivity contribution in [1.29, 1.82) is 0 Å². The Labute approximate surface area is 200 Å². The van der Waals surface area contributed by atoms with Gasteiger partial charge in [-0.1, -0.05) is 31.2 Å². The highest BCUT2D eigenvalue weighted by atomic mass is 19.4. The lowest BCUT2D eigenvalue weighted by atomic mass is 9.98. The number of hydrogen-bond acceptors (Lipinski definition) is 4. The van der Waals surface area contributed by atoms with E-state index in [1.165, 1.54) is 36.8 Å². The maximum absolute atomic E-state index is 13.9. The van der Waals surface area contributed by atoms with Gasteiger partial charge in [0.15, 0.2) is 5.78 Å². The SMILES string of the molecule is C/C=C(\C=C(/C1=NC(=C(O)CC/C(=C\CC)c2cccc(F)c2)C(=O)C1)C(F)(F)F)c1ccoc1. The molecule has 0 saturated carbocycles. The number of halogens is 4. The van der Waals surface area contributed by atoms with Crippen molar-refractivity contribution >= 4 is 22.6 Å². The third-order valence-electron chi connectivity index (χ3n) is 5.47. The lowest BCUT2D eigenvalue weighted by Crippen LogP contribution is -2.20. The summed E-state index contributed by atoms with van der Waals surface area (Å²) in [5, 5.41) is 10.5. The summed E-state index contributed by atoms with van der Waals surface area (Å²) >= 11 is 0. The van der Waals surface area contributed by atoms with E-state index in [2.05, 4.69) is 4.99 Å². The van der Waals surface area contributed by atoms with Crippen molar-refractivity contribution in [2.24, 2.45) is 4.99 Å². The van der Waals surface area contributed by atoms with Crippen LogP contribution in [0.3, 0.4) is 0 Å². The Hall–Kier alpha value is -3.68. The number of ketones is 1. The van der Waals surface area contributed by atoms with Crippen molar-refractivity contribution < 1.29 is 31.9 Å². The maximum atomic E-state index is 13.9. The molecule has 2 aromatic rings. The number of alkyl halides is 3. The first-order chi connectivity index (χ1) is 16.6. The molecular weight excluding hydrogens is 462 g/mol. The van der Waals surface area contributed by atoms with Crippen LogP contribution in [0.25, 0.3) is 11.1 Å². The second-order valence-electron chi connectivity index (χ2n) is 7.91. The van der Waals surface area contributed by atoms with Gasteiger partial charge in [-0.3, -0.25) is 4.79 Å². The van der Waals surface area contributed by atoms with Crippen LogP contribution in [0.15, 0.2) is 87.5 Å². The van der Waals surface area contributed by atoms with Gasteiger partial charge < -0.3 is 9.52 Å². The Kier molecular flexibility index (Phi) is 8.27. The average molecular weight is 487 g/mol. The topological polar surface area (TPSA) is 62.8 Å². The number of aliphatic imine (C=N–C) groups is 1. The molecule has 0 radical (unpaired) electrons. The highest BCUT2D eigenvalue weighted by Gasteiger charge is 2.40. The fourth-order valence-electron chi connectivity index (χ4n) is 3.77. The van der Waals surface area contributed by atoms with Crippen molar-refractivity contribution in [3.63, 3.8) is 0 Å². The summed E-state index contributed by atoms with van der Waals surface area (Å²) in [7, 11) is 0. The van der Waals surface area contributed by atoms with Crippen LogP contribution >= 0.6 is 0 Å². The van der Waals surface area contributed by atoms with Crippen LogP contribution in [-0.2, 0) is 4.79 Å². The molecule has 0 bridgehead atoms. The highest BCUT2D eigenvalue weighted by Crippen LogP contribution is 2.35. The molecule has 184 valence electrons. The number of carbonyl (C=O) groups excluding carboxylic acids is 1. The fourth-order valence-corrected chi connectivity index (χ4v) is 3.77. The summed E-state index contributed by atoms with van der Waals surface area (Å²) in [5.74, 6) is -1.49. The Bertz CT molecular complexity index is 1230. The van der Waals surface area contributed by atoms with Crippen molar-refractivity contribution in [3.8, 4) is 0 Å². The van der Waals surface area contributed by atoms with Crippen molar-refractivity contribution in [1.82, 2.24) is 0 Å². The molecule has 4 nitrogen and oxygen atoms in total. The molecule has 1 aliphatic heterocycles. The van der Waals surface area contributed by atoms with Crippen LogP contribution < -0.4 is 0 Å². The molecule has 1 aromatic heterocycles. The molecule has 8 heteroatoms. The van der Waals surface area contributed by atoms with E-state index in [-0.39, 0.29) is 24.1 Å². The van der Waals surface area contributed by atoms with E-state index in [4.69, 9.17) is 4.42 Å². The van der Waals surface area contributed by atoms with Crippen LogP contribution in [0.5, 0.6) is 0 Å². The summed E-state index contributed by atoms with van der Waals surface area (Å²) in [4.78, 5) is 16.4. The van der Waals surface area contributed by atoms with Crippen LogP contribution in [0.1, 0.15) is 50.7 Å². The number of aliphatic hydroxyl groups excluding tert-OH is 1. The van der Waals surface area contributed by atoms with E-state index < -0.39 is 41.2 Å². The molecule has 0 atom stereocenters. The lowest BCUT2D eigenvalue weighted by Gasteiger charge is -2.12. The van der Waals surface area contributed by atoms with Gasteiger partial charge >= 0.3 is 6.18 Å². The number of aliphatic hydroxyl groups is 1. The second kappa shape index (κ2) is 11.2. The van der Waals surface area contributed by atoms with Gasteiger partial charge in [-0.2, -0.15) is 13.2 Å². The van der Waals surface area contributed by atoms with Gasteiger partial charge in [0.2, 0.25) is 0 Å². The lowest BCUT2D eigenvalue weighted by molar-refractivity contribution is -0.114. The van der Waals surface area contributed by atoms with Gasteiger partial charge in [-0.25, -0.2) is 9.38 Å². The predicted octanol–water partition coefficient (Wildman–Crippen LogP) is 7.77. The molecule has 2 heterocycles. The van der Waals surface area contributed by atoms with E-state index in [1.54, 1.807) is 19.1 Å². The van der Waals surface area contributed by atoms with E-state index in [0.717, 1.165) is 11.6 Å². The molecule has 1 aromatic carbocycles. The zero-order valence-corrected chi connectivity index (χ0v) is 19.3. The van der Waals surface area contributed by atoms with Crippen molar-refractivity contribution in [2.75, 3.05) is 0 Å². The van der Waals surface area contributed by atoms with Crippen LogP contribution in [-0.4, -0.2) is 22.8 Å². The number of benzene rings is 1. The third kappa shape index (κ3) is 6.47. The minimum Gasteiger partial charge on any atom is -0.510 e. The number of carbonyl (C=O) groups is 1. The smallest absolute Gasteiger partial charge is 0.418 e. The Morgan fingerprint density at radius 3 is 2.57 bits per heavy atom. The first-order valence-electron chi connectivity index (χ1n) is 11.1. The highest BCUT2D eigenvalue weighted by molar-refractivity contribution is 6.22. The Balaban J connectivity index is 1.90. The van der Waals surface area contributed by atoms with Crippen LogP contribution in [0, 0.1) is 5.82 Å². The minimum absolute atomic E-state index is 0.0274. The van der Waals surface area contributed by atoms with E-state index in [9.17, 15) is 27.5 Å². The summed E-state index contributed by atoms with van der Waals surface area (Å²) in [6.45, 7) is 3.49. The molecular formula is C27H25F4NO3. The van der Waals surface area contributed by atoms with Gasteiger partial charge in [-0.05, 0) is 60.8 Å². The number of hydrogen-bond donors (Lipinski definition) is 1. The van der Waals surface area contributed by atoms with E-state index in [0.29, 0.717) is 17.5 Å². The zero-order chi connectivity index (χ0) is 25.6. The number of allylic oxidation sites excluding steroid dienone is 8. The van der Waals surface area contributed by atoms with Gasteiger partial charge in [0, 0.05) is 12.0 Å². The molecule has 0 unspecified atom stereocenters. The van der Waals surface area contributed by atoms with Crippen molar-refractivity contribution in [3.05, 3.63) is 95.1 Å². The Morgan fingerprint density at radius 2 is 1.97 bits per heavy atom. The molecule has 0 amide bonds. The van der Waals surface area contributed by atoms with Gasteiger partial charge in [0.25, 0.3) is 0 Å². The molecule has 0 fully saturated rings. The molecule has 3 rings (SSSR count). The number of rotatable bonds is 8. The molecule has 0 saturated heterocycles. The van der Waals surface area contributed by atoms with Crippen LogP contribution in [0.4, 0.5) is 17.6 Å². The molecule has 35 heavy (non-hydrogen) atoms. The Morgan fingerprint density at radius 1 is 1.20 bits per heavy atom. The van der Waals surface area contributed by atoms with Crippen molar-refractivity contribution in [2.45, 2.75) is 45.7 Å². The fraction of sp³-hybridized carbons (Fsp3) is 0.259. The average Bonchev–Trinajstić information content (AvgIpc) is 3.46. The predicted molar refractivity (Wildman–Crippen MR) is 127 cm³/mol. The summed E-state index contributed by atoms with van der Waals surface area (Å²) in [5.41, 5.74) is 0.193. The molecule has 0 aliphatic carbocycles. The molecule has 1 aliphatic rings. The number of furan rings is 1. The van der Waals surface area contributed by atoms with Gasteiger partial charge in [-0.15, -0.1) is 0 Å². The number of Topliss-reactive ketones (excluding diaryl/α,β-unsaturated/α-hetero) is 1. The summed E-state index contributed by atoms with van der Waals surface area (Å²) in [6, 6.07) is 7.50. The number of nitrogens with zero attached hydrogens (tertiary/aromatic N) is 1. The summed E-state index contributed by atoms with van der Waals surface area (Å²) < 4.78 is 60.3. The van der Waals surface area contributed by atoms with E-state index >= 15 is 0 Å². The third-order valence-corrected chi connectivity index (χ3v) is 5.47. The van der Waals surface area contributed by atoms with Crippen LogP contribution in [0.2, 0.25) is 0 Å². The quantitative estimate of drug-likeness (QED) is 0.179. The minimum atomic E-state index is -4.77.